The Balaban J connectivity index is 2.48. The van der Waals surface area contributed by atoms with Crippen LogP contribution in [-0.4, -0.2) is 14.5 Å². The SMILES string of the molecule is CC(O)c1c(C(F)(F)F)c2ccccn2c1-c1ccccn1. The molecule has 0 saturated carbocycles. The smallest absolute Gasteiger partial charge is 0.389 e. The maximum absolute atomic E-state index is 13.5. The van der Waals surface area contributed by atoms with E-state index in [2.05, 4.69) is 4.98 Å². The van der Waals surface area contributed by atoms with E-state index >= 15 is 0 Å². The van der Waals surface area contributed by atoms with Gasteiger partial charge in [0.2, 0.25) is 0 Å². The van der Waals surface area contributed by atoms with Gasteiger partial charge in [-0.15, -0.1) is 0 Å². The lowest BCUT2D eigenvalue weighted by atomic mass is 10.0. The van der Waals surface area contributed by atoms with Gasteiger partial charge in [0, 0.05) is 18.0 Å². The number of pyridine rings is 2. The monoisotopic (exact) mass is 306 g/mol. The molecule has 3 aromatic rings. The average Bonchev–Trinajstić information content (AvgIpc) is 2.83. The Kier molecular flexibility index (Phi) is 3.41. The molecule has 0 bridgehead atoms. The van der Waals surface area contributed by atoms with Crippen LogP contribution in [0.2, 0.25) is 0 Å². The summed E-state index contributed by atoms with van der Waals surface area (Å²) >= 11 is 0. The van der Waals surface area contributed by atoms with Crippen molar-refractivity contribution in [2.45, 2.75) is 19.2 Å². The molecule has 1 N–H and O–H groups in total. The quantitative estimate of drug-likeness (QED) is 0.775. The van der Waals surface area contributed by atoms with E-state index in [-0.39, 0.29) is 16.8 Å². The Hall–Kier alpha value is -2.34. The Bertz CT molecular complexity index is 807. The first kappa shape index (κ1) is 14.6. The van der Waals surface area contributed by atoms with Gasteiger partial charge in [0.1, 0.15) is 0 Å². The highest BCUT2D eigenvalue weighted by Gasteiger charge is 2.40. The van der Waals surface area contributed by atoms with Gasteiger partial charge in [-0.2, -0.15) is 13.2 Å². The van der Waals surface area contributed by atoms with Crippen LogP contribution >= 0.6 is 0 Å². The summed E-state index contributed by atoms with van der Waals surface area (Å²) in [6.45, 7) is 1.33. The molecule has 0 aliphatic heterocycles. The molecule has 3 heterocycles. The lowest BCUT2D eigenvalue weighted by Gasteiger charge is -2.12. The van der Waals surface area contributed by atoms with Crippen LogP contribution in [0, 0.1) is 0 Å². The lowest BCUT2D eigenvalue weighted by Crippen LogP contribution is -2.09. The molecule has 0 aliphatic carbocycles. The zero-order valence-corrected chi connectivity index (χ0v) is 11.7. The molecule has 114 valence electrons. The van der Waals surface area contributed by atoms with Crippen molar-refractivity contribution in [2.75, 3.05) is 0 Å². The highest BCUT2D eigenvalue weighted by atomic mass is 19.4. The summed E-state index contributed by atoms with van der Waals surface area (Å²) in [6.07, 6.45) is -2.78. The Morgan fingerprint density at radius 1 is 1.14 bits per heavy atom. The van der Waals surface area contributed by atoms with Crippen LogP contribution in [0.25, 0.3) is 16.9 Å². The number of aliphatic hydroxyl groups excluding tert-OH is 1. The van der Waals surface area contributed by atoms with E-state index in [1.165, 1.54) is 23.6 Å². The van der Waals surface area contributed by atoms with Crippen LogP contribution in [0.5, 0.6) is 0 Å². The minimum atomic E-state index is -4.56. The fraction of sp³-hybridized carbons (Fsp3) is 0.188. The van der Waals surface area contributed by atoms with Gasteiger partial charge >= 0.3 is 6.18 Å². The van der Waals surface area contributed by atoms with Gasteiger partial charge in [-0.1, -0.05) is 12.1 Å². The van der Waals surface area contributed by atoms with E-state index < -0.39 is 17.8 Å². The number of rotatable bonds is 2. The van der Waals surface area contributed by atoms with Crippen LogP contribution < -0.4 is 0 Å². The van der Waals surface area contributed by atoms with Crippen molar-refractivity contribution in [1.82, 2.24) is 9.38 Å². The highest BCUT2D eigenvalue weighted by molar-refractivity contribution is 5.75. The third-order valence-corrected chi connectivity index (χ3v) is 3.49. The second-order valence-corrected chi connectivity index (χ2v) is 4.98. The summed E-state index contributed by atoms with van der Waals surface area (Å²) in [7, 11) is 0. The van der Waals surface area contributed by atoms with Crippen LogP contribution in [0.1, 0.15) is 24.2 Å². The molecule has 0 radical (unpaired) electrons. The predicted molar refractivity (Wildman–Crippen MR) is 76.3 cm³/mol. The topological polar surface area (TPSA) is 37.5 Å². The fourth-order valence-corrected chi connectivity index (χ4v) is 2.70. The van der Waals surface area contributed by atoms with Crippen LogP contribution in [0.4, 0.5) is 13.2 Å². The Morgan fingerprint density at radius 2 is 1.86 bits per heavy atom. The number of alkyl halides is 3. The number of aromatic nitrogens is 2. The van der Waals surface area contributed by atoms with Crippen molar-refractivity contribution >= 4 is 5.52 Å². The molecular formula is C16H13F3N2O. The standard InChI is InChI=1S/C16H13F3N2O/c1-10(22)13-14(16(17,18)19)12-7-3-5-9-21(12)15(13)11-6-2-4-8-20-11/h2-10,22H,1H3. The third-order valence-electron chi connectivity index (χ3n) is 3.49. The maximum Gasteiger partial charge on any atom is 0.418 e. The Morgan fingerprint density at radius 3 is 2.45 bits per heavy atom. The molecule has 0 aromatic carbocycles. The second-order valence-electron chi connectivity index (χ2n) is 4.98. The molecule has 3 rings (SSSR count). The highest BCUT2D eigenvalue weighted by Crippen LogP contribution is 2.43. The van der Waals surface area contributed by atoms with Crippen molar-refractivity contribution in [3.05, 3.63) is 59.9 Å². The molecule has 6 heteroatoms. The number of aliphatic hydroxyl groups is 1. The van der Waals surface area contributed by atoms with E-state index in [1.54, 1.807) is 36.5 Å². The minimum absolute atomic E-state index is 0.00607. The summed E-state index contributed by atoms with van der Waals surface area (Å²) in [5, 5.41) is 9.97. The van der Waals surface area contributed by atoms with Gasteiger partial charge < -0.3 is 9.51 Å². The van der Waals surface area contributed by atoms with Crippen molar-refractivity contribution in [3.8, 4) is 11.4 Å². The third kappa shape index (κ3) is 2.25. The fourth-order valence-electron chi connectivity index (χ4n) is 2.70. The first-order valence-electron chi connectivity index (χ1n) is 6.71. The molecule has 0 amide bonds. The predicted octanol–water partition coefficient (Wildman–Crippen LogP) is 4.07. The van der Waals surface area contributed by atoms with Crippen molar-refractivity contribution in [2.24, 2.45) is 0 Å². The van der Waals surface area contributed by atoms with Gasteiger partial charge in [0.15, 0.2) is 0 Å². The second kappa shape index (κ2) is 5.14. The molecule has 22 heavy (non-hydrogen) atoms. The molecule has 1 unspecified atom stereocenters. The molecule has 0 spiro atoms. The van der Waals surface area contributed by atoms with Crippen molar-refractivity contribution in [1.29, 1.82) is 0 Å². The molecule has 1 atom stereocenters. The molecule has 3 nitrogen and oxygen atoms in total. The number of fused-ring (bicyclic) bond motifs is 1. The lowest BCUT2D eigenvalue weighted by molar-refractivity contribution is -0.137. The van der Waals surface area contributed by atoms with Gasteiger partial charge in [-0.05, 0) is 31.2 Å². The van der Waals surface area contributed by atoms with Gasteiger partial charge in [-0.25, -0.2) is 0 Å². The largest absolute Gasteiger partial charge is 0.418 e. The van der Waals surface area contributed by atoms with E-state index in [9.17, 15) is 18.3 Å². The van der Waals surface area contributed by atoms with E-state index in [1.807, 2.05) is 0 Å². The summed E-state index contributed by atoms with van der Waals surface area (Å²) in [4.78, 5) is 4.14. The molecule has 0 saturated heterocycles. The van der Waals surface area contributed by atoms with Crippen LogP contribution in [-0.2, 0) is 6.18 Å². The summed E-state index contributed by atoms with van der Waals surface area (Å²) in [5.41, 5.74) is -0.318. The number of halogens is 3. The maximum atomic E-state index is 13.5. The van der Waals surface area contributed by atoms with Crippen molar-refractivity contribution < 1.29 is 18.3 Å². The van der Waals surface area contributed by atoms with E-state index in [0.29, 0.717) is 5.69 Å². The first-order valence-corrected chi connectivity index (χ1v) is 6.71. The summed E-state index contributed by atoms with van der Waals surface area (Å²) in [5.74, 6) is 0. The zero-order chi connectivity index (χ0) is 15.9. The minimum Gasteiger partial charge on any atom is -0.389 e. The first-order chi connectivity index (χ1) is 10.4. The average molecular weight is 306 g/mol. The van der Waals surface area contributed by atoms with Crippen LogP contribution in [0.15, 0.2) is 48.8 Å². The van der Waals surface area contributed by atoms with Gasteiger partial charge in [0.25, 0.3) is 0 Å². The zero-order valence-electron chi connectivity index (χ0n) is 11.7. The van der Waals surface area contributed by atoms with E-state index in [4.69, 9.17) is 0 Å². The molecule has 3 aromatic heterocycles. The normalized spacial score (nSPS) is 13.5. The summed E-state index contributed by atoms with van der Waals surface area (Å²) in [6, 6.07) is 9.59. The Labute approximate surface area is 124 Å². The van der Waals surface area contributed by atoms with Gasteiger partial charge in [0.05, 0.1) is 28.6 Å². The van der Waals surface area contributed by atoms with Crippen LogP contribution in [0.3, 0.4) is 0 Å². The van der Waals surface area contributed by atoms with Crippen molar-refractivity contribution in [3.63, 3.8) is 0 Å². The number of hydrogen-bond donors (Lipinski definition) is 1. The number of hydrogen-bond acceptors (Lipinski definition) is 2. The summed E-state index contributed by atoms with van der Waals surface area (Å²) < 4.78 is 42.0. The molecule has 0 fully saturated rings. The molecule has 0 aliphatic rings. The van der Waals surface area contributed by atoms with Gasteiger partial charge in [-0.3, -0.25) is 4.98 Å². The molecular weight excluding hydrogens is 293 g/mol. The van der Waals surface area contributed by atoms with E-state index in [0.717, 1.165) is 0 Å². The number of nitrogens with zero attached hydrogens (tertiary/aromatic N) is 2.